The lowest BCUT2D eigenvalue weighted by molar-refractivity contribution is -0.422. The van der Waals surface area contributed by atoms with Crippen molar-refractivity contribution in [2.45, 2.75) is 32.8 Å². The highest BCUT2D eigenvalue weighted by molar-refractivity contribution is 14.1. The van der Waals surface area contributed by atoms with E-state index in [1.165, 1.54) is 0 Å². The summed E-state index contributed by atoms with van der Waals surface area (Å²) < 4.78 is 141. The summed E-state index contributed by atoms with van der Waals surface area (Å²) in [5, 5.41) is 0. The van der Waals surface area contributed by atoms with E-state index in [1.807, 2.05) is 0 Å². The first-order valence-electron chi connectivity index (χ1n) is 4.52. The predicted molar refractivity (Wildman–Crippen MR) is 49.6 cm³/mol. The summed E-state index contributed by atoms with van der Waals surface area (Å²) in [5.74, 6) is -32.8. The van der Waals surface area contributed by atoms with Crippen LogP contribution in [-0.2, 0) is 0 Å². The Morgan fingerprint density at radius 3 is 1.15 bits per heavy atom. The quantitative estimate of drug-likeness (QED) is 0.299. The summed E-state index contributed by atoms with van der Waals surface area (Å²) in [6.07, 6.45) is 0. The Morgan fingerprint density at radius 1 is 0.550 bits per heavy atom. The van der Waals surface area contributed by atoms with E-state index in [1.54, 1.807) is 0 Å². The Morgan fingerprint density at radius 2 is 0.850 bits per heavy atom. The van der Waals surface area contributed by atoms with Crippen molar-refractivity contribution in [3.8, 4) is 0 Å². The van der Waals surface area contributed by atoms with E-state index in [2.05, 4.69) is 0 Å². The van der Waals surface area contributed by atoms with E-state index < -0.39 is 67.0 Å². The zero-order valence-electron chi connectivity index (χ0n) is 8.54. The Kier molecular flexibility index (Phi) is 2.71. The zero-order chi connectivity index (χ0) is 16.2. The molecular formula is C8F11I. The van der Waals surface area contributed by atoms with E-state index in [0.29, 0.717) is 0 Å². The van der Waals surface area contributed by atoms with Crippen molar-refractivity contribution in [1.29, 1.82) is 0 Å². The summed E-state index contributed by atoms with van der Waals surface area (Å²) >= 11 is -0.424. The van der Waals surface area contributed by atoms with Gasteiger partial charge in [-0.05, 0) is 0 Å². The molecule has 0 radical (unpaired) electrons. The molecule has 20 heavy (non-hydrogen) atoms. The molecule has 12 heteroatoms. The van der Waals surface area contributed by atoms with Gasteiger partial charge < -0.3 is 0 Å². The molecule has 3 rings (SSSR count). The fourth-order valence-electron chi connectivity index (χ4n) is 2.11. The molecule has 0 atom stereocenters. The van der Waals surface area contributed by atoms with Gasteiger partial charge in [-0.3, -0.25) is 0 Å². The molecule has 0 amide bonds. The maximum absolute atomic E-state index is 13.6. The van der Waals surface area contributed by atoms with Gasteiger partial charge in [-0.25, -0.2) is 13.2 Å². The molecule has 0 aromatic rings. The molecule has 0 saturated heterocycles. The molecule has 0 N–H and O–H groups in total. The van der Waals surface area contributed by atoms with Crippen molar-refractivity contribution in [3.63, 3.8) is 0 Å². The van der Waals surface area contributed by atoms with Crippen molar-refractivity contribution < 1.29 is 48.3 Å². The molecule has 3 aliphatic rings. The Balaban J connectivity index is 3.06. The molecule has 0 aromatic heterocycles. The molecule has 2 bridgehead atoms. The van der Waals surface area contributed by atoms with E-state index >= 15 is 0 Å². The van der Waals surface area contributed by atoms with Crippen molar-refractivity contribution in [2.75, 3.05) is 0 Å². The third-order valence-corrected chi connectivity index (χ3v) is 5.15. The maximum atomic E-state index is 13.6. The van der Waals surface area contributed by atoms with Crippen molar-refractivity contribution in [3.05, 3.63) is 11.7 Å². The van der Waals surface area contributed by atoms with Gasteiger partial charge in [0.1, 0.15) is 0 Å². The minimum absolute atomic E-state index is 0.424. The van der Waals surface area contributed by atoms with Gasteiger partial charge in [0.15, 0.2) is 11.7 Å². The van der Waals surface area contributed by atoms with Crippen LogP contribution in [0, 0.1) is 0 Å². The van der Waals surface area contributed by atoms with Crippen LogP contribution in [0.1, 0.15) is 0 Å². The third-order valence-electron chi connectivity index (χ3n) is 3.32. The average molecular weight is 432 g/mol. The molecule has 1 saturated carbocycles. The van der Waals surface area contributed by atoms with Crippen LogP contribution in [0.2, 0.25) is 0 Å². The number of alkyl halides is 10. The Labute approximate surface area is 116 Å². The van der Waals surface area contributed by atoms with Crippen molar-refractivity contribution in [2.24, 2.45) is 0 Å². The second kappa shape index (κ2) is 3.37. The number of hydrogen-bond acceptors (Lipinski definition) is 0. The highest BCUT2D eigenvalue weighted by Crippen LogP contribution is 2.77. The first-order valence-corrected chi connectivity index (χ1v) is 5.60. The normalized spacial score (nSPS) is 43.8. The smallest absolute Gasteiger partial charge is 0.222 e. The summed E-state index contributed by atoms with van der Waals surface area (Å²) in [5.41, 5.74) is -6.48. The highest BCUT2D eigenvalue weighted by Gasteiger charge is 3.03. The molecule has 116 valence electrons. The van der Waals surface area contributed by atoms with Crippen LogP contribution in [0.5, 0.6) is 0 Å². The van der Waals surface area contributed by atoms with E-state index in [-0.39, 0.29) is 0 Å². The van der Waals surface area contributed by atoms with Crippen LogP contribution < -0.4 is 0 Å². The molecule has 0 nitrogen and oxygen atoms in total. The molecular weight excluding hydrogens is 432 g/mol. The second-order valence-electron chi connectivity index (χ2n) is 4.24. The van der Waals surface area contributed by atoms with Crippen molar-refractivity contribution in [1.82, 2.24) is 0 Å². The molecule has 0 aliphatic heterocycles. The van der Waals surface area contributed by atoms with Crippen LogP contribution in [0.4, 0.5) is 48.3 Å². The minimum Gasteiger partial charge on any atom is -0.222 e. The van der Waals surface area contributed by atoms with Crippen LogP contribution >= 0.6 is 22.6 Å². The SMILES string of the molecule is FC1=C(F)C2(I)C(F)(F)C(F)(F)C1(F)C(F)(F)C2(F)F. The van der Waals surface area contributed by atoms with Gasteiger partial charge in [0, 0.05) is 0 Å². The summed E-state index contributed by atoms with van der Waals surface area (Å²) in [7, 11) is 0. The standard InChI is InChI=1S/C8F11I/c9-1-2(10)4(20)7(16,17)5(12,13)3(1,11)6(14,15)8(4,18)19. The van der Waals surface area contributed by atoms with Crippen molar-refractivity contribution >= 4 is 22.6 Å². The molecule has 3 aliphatic carbocycles. The maximum Gasteiger partial charge on any atom is 0.358 e. The van der Waals surface area contributed by atoms with Gasteiger partial charge in [0.2, 0.25) is 3.42 Å². The van der Waals surface area contributed by atoms with Gasteiger partial charge in [-0.2, -0.15) is 35.1 Å². The van der Waals surface area contributed by atoms with Gasteiger partial charge in [-0.15, -0.1) is 0 Å². The summed E-state index contributed by atoms with van der Waals surface area (Å²) in [6.45, 7) is 0. The topological polar surface area (TPSA) is 0 Å². The molecule has 0 spiro atoms. The fraction of sp³-hybridized carbons (Fsp3) is 0.750. The fourth-order valence-corrected chi connectivity index (χ4v) is 3.03. The summed E-state index contributed by atoms with van der Waals surface area (Å²) in [6, 6.07) is 0. The van der Waals surface area contributed by atoms with E-state index in [4.69, 9.17) is 0 Å². The Hall–Kier alpha value is -0.300. The lowest BCUT2D eigenvalue weighted by atomic mass is 9.62. The highest BCUT2D eigenvalue weighted by atomic mass is 127. The monoisotopic (exact) mass is 432 g/mol. The number of allylic oxidation sites excluding steroid dienone is 2. The number of rotatable bonds is 0. The van der Waals surface area contributed by atoms with Gasteiger partial charge in [0.25, 0.3) is 0 Å². The van der Waals surface area contributed by atoms with E-state index in [9.17, 15) is 48.3 Å². The van der Waals surface area contributed by atoms with Gasteiger partial charge in [0.05, 0.1) is 0 Å². The first-order chi connectivity index (χ1) is 8.57. The third kappa shape index (κ3) is 1.02. The Bertz CT molecular complexity index is 445. The average Bonchev–Trinajstić information content (AvgIpc) is 2.30. The van der Waals surface area contributed by atoms with Crippen LogP contribution in [0.3, 0.4) is 0 Å². The number of hydrogen-bond donors (Lipinski definition) is 0. The number of fused-ring (bicyclic) bond motifs is 2. The zero-order valence-corrected chi connectivity index (χ0v) is 10.7. The van der Waals surface area contributed by atoms with Gasteiger partial charge in [-0.1, -0.05) is 22.6 Å². The molecule has 0 aromatic carbocycles. The van der Waals surface area contributed by atoms with Gasteiger partial charge >= 0.3 is 29.4 Å². The van der Waals surface area contributed by atoms with E-state index in [0.717, 1.165) is 0 Å². The molecule has 1 fully saturated rings. The van der Waals surface area contributed by atoms with Crippen LogP contribution in [0.15, 0.2) is 11.7 Å². The molecule has 0 unspecified atom stereocenters. The largest absolute Gasteiger partial charge is 0.358 e. The van der Waals surface area contributed by atoms with Crippen LogP contribution in [-0.4, -0.2) is 32.8 Å². The predicted octanol–water partition coefficient (Wildman–Crippen LogP) is 4.59. The van der Waals surface area contributed by atoms with Crippen LogP contribution in [0.25, 0.3) is 0 Å². The second-order valence-corrected chi connectivity index (χ2v) is 5.86. The lowest BCUT2D eigenvalue weighted by Gasteiger charge is -2.58. The number of halogens is 12. The first kappa shape index (κ1) is 16.1. The minimum atomic E-state index is -6.58. The summed E-state index contributed by atoms with van der Waals surface area (Å²) in [4.78, 5) is 0. The molecule has 0 heterocycles. The lowest BCUT2D eigenvalue weighted by Crippen LogP contribution is -2.87.